The van der Waals surface area contributed by atoms with E-state index in [9.17, 15) is 13.2 Å². The molecule has 0 aromatic heterocycles. The van der Waals surface area contributed by atoms with Crippen molar-refractivity contribution in [3.8, 4) is 5.75 Å². The maximum atomic E-state index is 12.9. The molecule has 2 rings (SSSR count). The molecule has 1 fully saturated rings. The molecule has 19 heavy (non-hydrogen) atoms. The van der Waals surface area contributed by atoms with Gasteiger partial charge in [0.25, 0.3) is 0 Å². The van der Waals surface area contributed by atoms with Gasteiger partial charge in [0.15, 0.2) is 0 Å². The van der Waals surface area contributed by atoms with Gasteiger partial charge in [-0.2, -0.15) is 13.2 Å². The summed E-state index contributed by atoms with van der Waals surface area (Å²) >= 11 is 0. The fourth-order valence-corrected chi connectivity index (χ4v) is 1.73. The minimum Gasteiger partial charge on any atom is -0.489 e. The molecule has 1 aromatic carbocycles. The molecule has 5 heteroatoms. The first-order chi connectivity index (χ1) is 9.00. The van der Waals surface area contributed by atoms with Gasteiger partial charge in [-0.1, -0.05) is 18.7 Å². The number of alkyl halides is 3. The zero-order valence-corrected chi connectivity index (χ0v) is 10.5. The molecule has 0 atom stereocenters. The third kappa shape index (κ3) is 3.99. The Morgan fingerprint density at radius 3 is 2.68 bits per heavy atom. The summed E-state index contributed by atoms with van der Waals surface area (Å²) in [5, 5.41) is 3.19. The molecule has 0 saturated heterocycles. The second kappa shape index (κ2) is 5.65. The lowest BCUT2D eigenvalue weighted by atomic mass is 10.1. The monoisotopic (exact) mass is 271 g/mol. The SMILES string of the molecule is C=CCOc1ccc(CNC2CC2)cc1C(F)(F)F. The van der Waals surface area contributed by atoms with E-state index in [1.54, 1.807) is 6.07 Å². The normalized spacial score (nSPS) is 15.3. The van der Waals surface area contributed by atoms with E-state index in [0.29, 0.717) is 18.2 Å². The second-order valence-corrected chi connectivity index (χ2v) is 4.58. The summed E-state index contributed by atoms with van der Waals surface area (Å²) in [5.74, 6) is -0.150. The van der Waals surface area contributed by atoms with Crippen molar-refractivity contribution in [2.45, 2.75) is 31.6 Å². The summed E-state index contributed by atoms with van der Waals surface area (Å²) < 4.78 is 43.9. The zero-order valence-electron chi connectivity index (χ0n) is 10.5. The van der Waals surface area contributed by atoms with Crippen LogP contribution in [0.25, 0.3) is 0 Å². The molecule has 2 nitrogen and oxygen atoms in total. The van der Waals surface area contributed by atoms with Crippen molar-refractivity contribution < 1.29 is 17.9 Å². The van der Waals surface area contributed by atoms with Crippen molar-refractivity contribution in [3.63, 3.8) is 0 Å². The highest BCUT2D eigenvalue weighted by molar-refractivity contribution is 5.39. The molecule has 0 radical (unpaired) electrons. The van der Waals surface area contributed by atoms with Crippen molar-refractivity contribution >= 4 is 0 Å². The predicted molar refractivity (Wildman–Crippen MR) is 67.0 cm³/mol. The molecule has 0 aliphatic heterocycles. The van der Waals surface area contributed by atoms with Crippen LogP contribution in [0.4, 0.5) is 13.2 Å². The van der Waals surface area contributed by atoms with Crippen LogP contribution in [0.15, 0.2) is 30.9 Å². The van der Waals surface area contributed by atoms with Crippen LogP contribution in [-0.2, 0) is 12.7 Å². The Kier molecular flexibility index (Phi) is 4.14. The van der Waals surface area contributed by atoms with Crippen LogP contribution in [0.2, 0.25) is 0 Å². The number of hydrogen-bond acceptors (Lipinski definition) is 2. The van der Waals surface area contributed by atoms with Gasteiger partial charge in [-0.25, -0.2) is 0 Å². The van der Waals surface area contributed by atoms with E-state index < -0.39 is 11.7 Å². The first-order valence-corrected chi connectivity index (χ1v) is 6.18. The molecule has 1 aliphatic rings. The largest absolute Gasteiger partial charge is 0.489 e. The van der Waals surface area contributed by atoms with Crippen LogP contribution in [0.1, 0.15) is 24.0 Å². The van der Waals surface area contributed by atoms with Gasteiger partial charge in [-0.05, 0) is 30.5 Å². The Hall–Kier alpha value is -1.49. The van der Waals surface area contributed by atoms with Crippen LogP contribution < -0.4 is 10.1 Å². The van der Waals surface area contributed by atoms with Gasteiger partial charge in [-0.3, -0.25) is 0 Å². The fraction of sp³-hybridized carbons (Fsp3) is 0.429. The van der Waals surface area contributed by atoms with Crippen LogP contribution in [-0.4, -0.2) is 12.6 Å². The maximum absolute atomic E-state index is 12.9. The average molecular weight is 271 g/mol. The molecule has 0 amide bonds. The summed E-state index contributed by atoms with van der Waals surface area (Å²) in [4.78, 5) is 0. The van der Waals surface area contributed by atoms with Crippen molar-refractivity contribution in [2.75, 3.05) is 6.61 Å². The first-order valence-electron chi connectivity index (χ1n) is 6.18. The van der Waals surface area contributed by atoms with Crippen molar-refractivity contribution in [2.24, 2.45) is 0 Å². The van der Waals surface area contributed by atoms with E-state index in [4.69, 9.17) is 4.74 Å². The van der Waals surface area contributed by atoms with Gasteiger partial charge in [0.2, 0.25) is 0 Å². The van der Waals surface area contributed by atoms with Crippen LogP contribution >= 0.6 is 0 Å². The molecule has 104 valence electrons. The van der Waals surface area contributed by atoms with Gasteiger partial charge in [0.1, 0.15) is 12.4 Å². The van der Waals surface area contributed by atoms with E-state index in [2.05, 4.69) is 11.9 Å². The average Bonchev–Trinajstić information content (AvgIpc) is 3.17. The Morgan fingerprint density at radius 1 is 1.37 bits per heavy atom. The first kappa shape index (κ1) is 13.9. The third-order valence-electron chi connectivity index (χ3n) is 2.88. The molecule has 1 aliphatic carbocycles. The Bertz CT molecular complexity index is 452. The van der Waals surface area contributed by atoms with E-state index in [-0.39, 0.29) is 12.4 Å². The number of nitrogens with one attached hydrogen (secondary N) is 1. The zero-order chi connectivity index (χ0) is 13.9. The van der Waals surface area contributed by atoms with E-state index in [0.717, 1.165) is 18.9 Å². The molecule has 0 heterocycles. The highest BCUT2D eigenvalue weighted by Crippen LogP contribution is 2.37. The summed E-state index contributed by atoms with van der Waals surface area (Å²) in [5.41, 5.74) is -0.116. The molecule has 1 aromatic rings. The standard InChI is InChI=1S/C14H16F3NO/c1-2-7-19-13-6-3-10(9-18-11-4-5-11)8-12(13)14(15,16)17/h2-3,6,8,11,18H,1,4-5,7,9H2. The Morgan fingerprint density at radius 2 is 2.11 bits per heavy atom. The van der Waals surface area contributed by atoms with E-state index in [1.165, 1.54) is 12.1 Å². The number of ether oxygens (including phenoxy) is 1. The lowest BCUT2D eigenvalue weighted by molar-refractivity contribution is -0.138. The smallest absolute Gasteiger partial charge is 0.419 e. The van der Waals surface area contributed by atoms with Gasteiger partial charge in [0, 0.05) is 12.6 Å². The van der Waals surface area contributed by atoms with Crippen LogP contribution in [0.5, 0.6) is 5.75 Å². The lowest BCUT2D eigenvalue weighted by Crippen LogP contribution is -2.16. The number of hydrogen-bond donors (Lipinski definition) is 1. The molecule has 1 saturated carbocycles. The third-order valence-corrected chi connectivity index (χ3v) is 2.88. The summed E-state index contributed by atoms with van der Waals surface area (Å²) in [6, 6.07) is 4.64. The topological polar surface area (TPSA) is 21.3 Å². The summed E-state index contributed by atoms with van der Waals surface area (Å²) in [6.45, 7) is 3.94. The molecule has 0 unspecified atom stereocenters. The van der Waals surface area contributed by atoms with Crippen molar-refractivity contribution in [3.05, 3.63) is 42.0 Å². The molecule has 0 spiro atoms. The fourth-order valence-electron chi connectivity index (χ4n) is 1.73. The van der Waals surface area contributed by atoms with E-state index in [1.807, 2.05) is 0 Å². The number of rotatable bonds is 6. The summed E-state index contributed by atoms with van der Waals surface area (Å²) in [6.07, 6.45) is -0.784. The Balaban J connectivity index is 2.16. The minimum absolute atomic E-state index is 0.0583. The van der Waals surface area contributed by atoms with Gasteiger partial charge in [-0.15, -0.1) is 0 Å². The number of benzene rings is 1. The quantitative estimate of drug-likeness (QED) is 0.799. The van der Waals surface area contributed by atoms with Crippen molar-refractivity contribution in [1.82, 2.24) is 5.32 Å². The highest BCUT2D eigenvalue weighted by atomic mass is 19.4. The van der Waals surface area contributed by atoms with Gasteiger partial charge >= 0.3 is 6.18 Å². The Labute approximate surface area is 110 Å². The molecule has 1 N–H and O–H groups in total. The van der Waals surface area contributed by atoms with Crippen LogP contribution in [0, 0.1) is 0 Å². The van der Waals surface area contributed by atoms with Gasteiger partial charge in [0.05, 0.1) is 5.56 Å². The highest BCUT2D eigenvalue weighted by Gasteiger charge is 2.34. The summed E-state index contributed by atoms with van der Waals surface area (Å²) in [7, 11) is 0. The minimum atomic E-state index is -4.41. The van der Waals surface area contributed by atoms with E-state index >= 15 is 0 Å². The maximum Gasteiger partial charge on any atom is 0.419 e. The van der Waals surface area contributed by atoms with Gasteiger partial charge < -0.3 is 10.1 Å². The van der Waals surface area contributed by atoms with Crippen molar-refractivity contribution in [1.29, 1.82) is 0 Å². The molecule has 0 bridgehead atoms. The molecular weight excluding hydrogens is 255 g/mol. The van der Waals surface area contributed by atoms with Crippen LogP contribution in [0.3, 0.4) is 0 Å². The predicted octanol–water partition coefficient (Wildman–Crippen LogP) is 3.52. The second-order valence-electron chi connectivity index (χ2n) is 4.58. The number of halogens is 3. The molecular formula is C14H16F3NO. The lowest BCUT2D eigenvalue weighted by Gasteiger charge is -2.15.